The molecular formula is C14H18N2O3. The first-order valence-electron chi connectivity index (χ1n) is 6.43. The summed E-state index contributed by atoms with van der Waals surface area (Å²) in [6, 6.07) is 4.96. The van der Waals surface area contributed by atoms with Crippen molar-refractivity contribution in [1.29, 1.82) is 0 Å². The number of carboxylic acid groups (broad SMARTS) is 1. The van der Waals surface area contributed by atoms with Crippen molar-refractivity contribution in [3.8, 4) is 0 Å². The maximum atomic E-state index is 12.0. The fraction of sp³-hybridized carbons (Fsp3) is 0.429. The fourth-order valence-electron chi connectivity index (χ4n) is 2.26. The van der Waals surface area contributed by atoms with Crippen LogP contribution in [0.5, 0.6) is 0 Å². The minimum Gasteiger partial charge on any atom is -0.478 e. The second-order valence-electron chi connectivity index (χ2n) is 4.85. The number of hydrogen-bond donors (Lipinski definition) is 3. The number of anilines is 1. The number of rotatable bonds is 3. The van der Waals surface area contributed by atoms with Crippen LogP contribution in [0.15, 0.2) is 18.2 Å². The number of hydrogen-bond acceptors (Lipinski definition) is 3. The molecule has 19 heavy (non-hydrogen) atoms. The molecule has 2 rings (SSSR count). The van der Waals surface area contributed by atoms with Crippen molar-refractivity contribution in [1.82, 2.24) is 5.32 Å². The van der Waals surface area contributed by atoms with E-state index in [2.05, 4.69) is 10.6 Å². The normalized spacial score (nSPS) is 16.1. The highest BCUT2D eigenvalue weighted by Gasteiger charge is 2.21. The van der Waals surface area contributed by atoms with Crippen LogP contribution in [0.4, 0.5) is 5.69 Å². The van der Waals surface area contributed by atoms with Crippen LogP contribution >= 0.6 is 0 Å². The number of nitrogens with one attached hydrogen (secondary N) is 2. The zero-order valence-electron chi connectivity index (χ0n) is 10.9. The smallest absolute Gasteiger partial charge is 0.336 e. The lowest BCUT2D eigenvalue weighted by Gasteiger charge is -2.21. The Balaban J connectivity index is 2.08. The average molecular weight is 262 g/mol. The maximum Gasteiger partial charge on any atom is 0.336 e. The van der Waals surface area contributed by atoms with Crippen molar-refractivity contribution in [3.63, 3.8) is 0 Å². The van der Waals surface area contributed by atoms with Gasteiger partial charge in [-0.3, -0.25) is 4.79 Å². The summed E-state index contributed by atoms with van der Waals surface area (Å²) >= 11 is 0. The van der Waals surface area contributed by atoms with Gasteiger partial charge in [-0.25, -0.2) is 4.79 Å². The summed E-state index contributed by atoms with van der Waals surface area (Å²) in [6.45, 7) is 3.45. The first kappa shape index (κ1) is 13.5. The van der Waals surface area contributed by atoms with Crippen molar-refractivity contribution >= 4 is 17.6 Å². The molecule has 0 saturated carbocycles. The van der Waals surface area contributed by atoms with Gasteiger partial charge in [-0.1, -0.05) is 6.07 Å². The largest absolute Gasteiger partial charge is 0.478 e. The number of carbonyl (C=O) groups is 2. The quantitative estimate of drug-likeness (QED) is 0.773. The second-order valence-corrected chi connectivity index (χ2v) is 4.85. The lowest BCUT2D eigenvalue weighted by molar-refractivity contribution is -0.120. The van der Waals surface area contributed by atoms with Crippen molar-refractivity contribution in [2.75, 3.05) is 18.4 Å². The van der Waals surface area contributed by atoms with E-state index in [0.29, 0.717) is 11.3 Å². The lowest BCUT2D eigenvalue weighted by Crippen LogP contribution is -2.34. The molecular weight excluding hydrogens is 244 g/mol. The predicted octanol–water partition coefficient (Wildman–Crippen LogP) is 1.63. The summed E-state index contributed by atoms with van der Waals surface area (Å²) in [5.74, 6) is -0.993. The van der Waals surface area contributed by atoms with Crippen LogP contribution in [-0.2, 0) is 4.79 Å². The summed E-state index contributed by atoms with van der Waals surface area (Å²) in [4.78, 5) is 23.1. The first-order chi connectivity index (χ1) is 9.08. The molecule has 0 spiro atoms. The van der Waals surface area contributed by atoms with Crippen LogP contribution in [-0.4, -0.2) is 30.1 Å². The SMILES string of the molecule is Cc1ccc(NC(=O)C2CCNCC2)cc1C(=O)O. The summed E-state index contributed by atoms with van der Waals surface area (Å²) in [5.41, 5.74) is 1.46. The van der Waals surface area contributed by atoms with Crippen LogP contribution in [0, 0.1) is 12.8 Å². The summed E-state index contributed by atoms with van der Waals surface area (Å²) in [6.07, 6.45) is 1.65. The minimum absolute atomic E-state index is 0.0100. The molecule has 1 fully saturated rings. The number of benzene rings is 1. The highest BCUT2D eigenvalue weighted by atomic mass is 16.4. The Kier molecular flexibility index (Phi) is 4.16. The minimum atomic E-state index is -0.976. The summed E-state index contributed by atoms with van der Waals surface area (Å²) in [5, 5.41) is 15.1. The highest BCUT2D eigenvalue weighted by molar-refractivity contribution is 5.95. The zero-order valence-corrected chi connectivity index (χ0v) is 10.9. The number of piperidine rings is 1. The molecule has 1 amide bonds. The molecule has 5 heteroatoms. The van der Waals surface area contributed by atoms with E-state index in [0.717, 1.165) is 25.9 Å². The third-order valence-electron chi connectivity index (χ3n) is 3.45. The van der Waals surface area contributed by atoms with Gasteiger partial charge in [0, 0.05) is 11.6 Å². The standard InChI is InChI=1S/C14H18N2O3/c1-9-2-3-11(8-12(9)14(18)19)16-13(17)10-4-6-15-7-5-10/h2-3,8,10,15H,4-7H2,1H3,(H,16,17)(H,18,19). The van der Waals surface area contributed by atoms with E-state index in [1.54, 1.807) is 19.1 Å². The average Bonchev–Trinajstić information content (AvgIpc) is 2.41. The number of amides is 1. The van der Waals surface area contributed by atoms with E-state index in [-0.39, 0.29) is 17.4 Å². The number of carboxylic acids is 1. The molecule has 0 atom stereocenters. The van der Waals surface area contributed by atoms with Crippen LogP contribution in [0.1, 0.15) is 28.8 Å². The lowest BCUT2D eigenvalue weighted by atomic mass is 9.97. The van der Waals surface area contributed by atoms with Crippen LogP contribution < -0.4 is 10.6 Å². The number of carbonyl (C=O) groups excluding carboxylic acids is 1. The molecule has 1 aromatic rings. The molecule has 1 aromatic carbocycles. The molecule has 0 bridgehead atoms. The Morgan fingerprint density at radius 1 is 1.32 bits per heavy atom. The molecule has 5 nitrogen and oxygen atoms in total. The van der Waals surface area contributed by atoms with E-state index < -0.39 is 5.97 Å². The highest BCUT2D eigenvalue weighted by Crippen LogP contribution is 2.18. The molecule has 3 N–H and O–H groups in total. The van der Waals surface area contributed by atoms with E-state index in [1.807, 2.05) is 0 Å². The Morgan fingerprint density at radius 3 is 2.63 bits per heavy atom. The third kappa shape index (κ3) is 3.32. The van der Waals surface area contributed by atoms with Gasteiger partial charge < -0.3 is 15.7 Å². The molecule has 1 heterocycles. The molecule has 0 aromatic heterocycles. The van der Waals surface area contributed by atoms with Crippen LogP contribution in [0.2, 0.25) is 0 Å². The van der Waals surface area contributed by atoms with Gasteiger partial charge in [0.25, 0.3) is 0 Å². The van der Waals surface area contributed by atoms with Gasteiger partial charge in [0.05, 0.1) is 5.56 Å². The molecule has 0 radical (unpaired) electrons. The van der Waals surface area contributed by atoms with Gasteiger partial charge in [-0.2, -0.15) is 0 Å². The zero-order chi connectivity index (χ0) is 13.8. The van der Waals surface area contributed by atoms with Gasteiger partial charge in [0.2, 0.25) is 5.91 Å². The summed E-state index contributed by atoms with van der Waals surface area (Å²) < 4.78 is 0. The second kappa shape index (κ2) is 5.84. The van der Waals surface area contributed by atoms with E-state index in [1.165, 1.54) is 6.07 Å². The van der Waals surface area contributed by atoms with Crippen molar-refractivity contribution in [2.24, 2.45) is 5.92 Å². The van der Waals surface area contributed by atoms with Crippen molar-refractivity contribution in [2.45, 2.75) is 19.8 Å². The Bertz CT molecular complexity index is 493. The van der Waals surface area contributed by atoms with Crippen molar-refractivity contribution < 1.29 is 14.7 Å². The van der Waals surface area contributed by atoms with Crippen molar-refractivity contribution in [3.05, 3.63) is 29.3 Å². The Morgan fingerprint density at radius 2 is 2.00 bits per heavy atom. The molecule has 102 valence electrons. The van der Waals surface area contributed by atoms with Gasteiger partial charge in [0.1, 0.15) is 0 Å². The fourth-order valence-corrected chi connectivity index (χ4v) is 2.26. The molecule has 1 aliphatic rings. The van der Waals surface area contributed by atoms with Gasteiger partial charge in [0.15, 0.2) is 0 Å². The molecule has 0 unspecified atom stereocenters. The van der Waals surface area contributed by atoms with Gasteiger partial charge in [-0.05, 0) is 50.6 Å². The Labute approximate surface area is 112 Å². The number of aromatic carboxylic acids is 1. The molecule has 1 aliphatic heterocycles. The molecule has 0 aliphatic carbocycles. The molecule has 1 saturated heterocycles. The van der Waals surface area contributed by atoms with Crippen LogP contribution in [0.3, 0.4) is 0 Å². The third-order valence-corrected chi connectivity index (χ3v) is 3.45. The van der Waals surface area contributed by atoms with Gasteiger partial charge >= 0.3 is 5.97 Å². The van der Waals surface area contributed by atoms with Gasteiger partial charge in [-0.15, -0.1) is 0 Å². The van der Waals surface area contributed by atoms with E-state index >= 15 is 0 Å². The van der Waals surface area contributed by atoms with Crippen LogP contribution in [0.25, 0.3) is 0 Å². The van der Waals surface area contributed by atoms with E-state index in [4.69, 9.17) is 5.11 Å². The Hall–Kier alpha value is -1.88. The predicted molar refractivity (Wildman–Crippen MR) is 72.4 cm³/mol. The topological polar surface area (TPSA) is 78.4 Å². The maximum absolute atomic E-state index is 12.0. The first-order valence-corrected chi connectivity index (χ1v) is 6.43. The monoisotopic (exact) mass is 262 g/mol. The summed E-state index contributed by atoms with van der Waals surface area (Å²) in [7, 11) is 0. The van der Waals surface area contributed by atoms with E-state index in [9.17, 15) is 9.59 Å². The number of aryl methyl sites for hydroxylation is 1.